The van der Waals surface area contributed by atoms with Gasteiger partial charge in [-0.3, -0.25) is 9.78 Å². The van der Waals surface area contributed by atoms with Gasteiger partial charge in [-0.2, -0.15) is 0 Å². The van der Waals surface area contributed by atoms with Crippen molar-refractivity contribution in [2.24, 2.45) is 0 Å². The van der Waals surface area contributed by atoms with E-state index in [1.54, 1.807) is 12.3 Å². The van der Waals surface area contributed by atoms with Gasteiger partial charge in [-0.15, -0.1) is 0 Å². The van der Waals surface area contributed by atoms with Gasteiger partial charge in [0.15, 0.2) is 0 Å². The number of nitrogens with zero attached hydrogens (tertiary/aromatic N) is 5. The first-order valence-corrected chi connectivity index (χ1v) is 9.08. The van der Waals surface area contributed by atoms with Crippen molar-refractivity contribution in [1.29, 1.82) is 0 Å². The largest absolute Gasteiger partial charge is 0.361 e. The minimum Gasteiger partial charge on any atom is -0.361 e. The van der Waals surface area contributed by atoms with Crippen LogP contribution in [0.5, 0.6) is 0 Å². The molecule has 1 aliphatic heterocycles. The van der Waals surface area contributed by atoms with Crippen molar-refractivity contribution < 1.29 is 9.32 Å². The molecule has 0 aromatic carbocycles. The molecule has 0 saturated carbocycles. The van der Waals surface area contributed by atoms with Crippen LogP contribution in [0.15, 0.2) is 41.4 Å². The molecule has 1 fully saturated rings. The maximum Gasteiger partial charge on any atom is 0.272 e. The Morgan fingerprint density at radius 2 is 2.11 bits per heavy atom. The zero-order valence-electron chi connectivity index (χ0n) is 15.4. The third kappa shape index (κ3) is 3.45. The van der Waals surface area contributed by atoms with Crippen molar-refractivity contribution >= 4 is 5.91 Å². The highest BCUT2D eigenvalue weighted by atomic mass is 16.5. The lowest BCUT2D eigenvalue weighted by Crippen LogP contribution is -2.39. The number of rotatable bonds is 3. The fourth-order valence-electron chi connectivity index (χ4n) is 3.67. The lowest BCUT2D eigenvalue weighted by Gasteiger charge is -2.32. The molecule has 0 spiro atoms. The molecule has 0 bridgehead atoms. The summed E-state index contributed by atoms with van der Waals surface area (Å²) in [6.45, 7) is 5.23. The first kappa shape index (κ1) is 17.3. The normalized spacial score (nSPS) is 17.1. The number of likely N-dealkylation sites (tertiary alicyclic amines) is 1. The predicted molar refractivity (Wildman–Crippen MR) is 99.1 cm³/mol. The van der Waals surface area contributed by atoms with Crippen LogP contribution in [0.3, 0.4) is 0 Å². The van der Waals surface area contributed by atoms with E-state index in [2.05, 4.69) is 26.2 Å². The number of piperidine rings is 1. The summed E-state index contributed by atoms with van der Waals surface area (Å²) in [5.41, 5.74) is 4.30. The van der Waals surface area contributed by atoms with Crippen molar-refractivity contribution in [2.75, 3.05) is 13.1 Å². The number of pyridine rings is 1. The van der Waals surface area contributed by atoms with E-state index in [0.717, 1.165) is 47.7 Å². The molecule has 138 valence electrons. The van der Waals surface area contributed by atoms with Crippen LogP contribution in [-0.4, -0.2) is 44.0 Å². The van der Waals surface area contributed by atoms with Crippen molar-refractivity contribution in [3.05, 3.63) is 59.8 Å². The van der Waals surface area contributed by atoms with Crippen LogP contribution in [0, 0.1) is 13.8 Å². The van der Waals surface area contributed by atoms with Crippen molar-refractivity contribution in [2.45, 2.75) is 32.6 Å². The van der Waals surface area contributed by atoms with Crippen molar-refractivity contribution in [1.82, 2.24) is 25.0 Å². The Morgan fingerprint density at radius 3 is 2.78 bits per heavy atom. The molecule has 4 heterocycles. The molecule has 7 heteroatoms. The zero-order chi connectivity index (χ0) is 18.8. The Labute approximate surface area is 157 Å². The lowest BCUT2D eigenvalue weighted by molar-refractivity contribution is 0.0699. The quantitative estimate of drug-likeness (QED) is 0.710. The minimum absolute atomic E-state index is 0.0468. The molecular weight excluding hydrogens is 342 g/mol. The molecule has 1 amide bonds. The van der Waals surface area contributed by atoms with Gasteiger partial charge >= 0.3 is 0 Å². The summed E-state index contributed by atoms with van der Waals surface area (Å²) >= 11 is 0. The van der Waals surface area contributed by atoms with E-state index in [-0.39, 0.29) is 11.8 Å². The van der Waals surface area contributed by atoms with E-state index in [1.807, 2.05) is 31.0 Å². The van der Waals surface area contributed by atoms with Gasteiger partial charge in [0, 0.05) is 48.2 Å². The third-order valence-corrected chi connectivity index (χ3v) is 5.04. The molecule has 4 rings (SSSR count). The highest BCUT2D eigenvalue weighted by Crippen LogP contribution is 2.30. The van der Waals surface area contributed by atoms with E-state index in [1.165, 1.54) is 6.33 Å². The van der Waals surface area contributed by atoms with Gasteiger partial charge in [0.05, 0.1) is 5.69 Å². The molecule has 1 unspecified atom stereocenters. The topological polar surface area (TPSA) is 85.0 Å². The van der Waals surface area contributed by atoms with E-state index >= 15 is 0 Å². The Bertz CT molecular complexity index is 917. The van der Waals surface area contributed by atoms with Crippen molar-refractivity contribution in [3.63, 3.8) is 0 Å². The number of carbonyl (C=O) groups excluding carboxylic acids is 1. The molecule has 1 saturated heterocycles. The Morgan fingerprint density at radius 1 is 1.22 bits per heavy atom. The zero-order valence-corrected chi connectivity index (χ0v) is 15.4. The SMILES string of the molecule is Cc1noc(C)c1-c1ccc(C2CCCN(C(=O)c3ccncn3)C2)nc1. The average molecular weight is 363 g/mol. The van der Waals surface area contributed by atoms with Gasteiger partial charge < -0.3 is 9.42 Å². The van der Waals surface area contributed by atoms with E-state index in [9.17, 15) is 4.79 Å². The maximum absolute atomic E-state index is 12.7. The van der Waals surface area contributed by atoms with Gasteiger partial charge in [0.1, 0.15) is 17.8 Å². The second-order valence-electron chi connectivity index (χ2n) is 6.86. The number of aryl methyl sites for hydroxylation is 2. The Balaban J connectivity index is 1.51. The second kappa shape index (κ2) is 7.26. The number of aromatic nitrogens is 4. The van der Waals surface area contributed by atoms with Crippen LogP contribution in [0.25, 0.3) is 11.1 Å². The first-order valence-electron chi connectivity index (χ1n) is 9.08. The van der Waals surface area contributed by atoms with Gasteiger partial charge in [-0.25, -0.2) is 9.97 Å². The summed E-state index contributed by atoms with van der Waals surface area (Å²) in [5.74, 6) is 0.971. The molecule has 3 aromatic heterocycles. The monoisotopic (exact) mass is 363 g/mol. The van der Waals surface area contributed by atoms with E-state index in [4.69, 9.17) is 4.52 Å². The molecule has 0 N–H and O–H groups in total. The van der Waals surface area contributed by atoms with Gasteiger partial charge in [-0.05, 0) is 38.8 Å². The fraction of sp³-hybridized carbons (Fsp3) is 0.350. The summed E-state index contributed by atoms with van der Waals surface area (Å²) in [5, 5.41) is 4.01. The number of hydrogen-bond donors (Lipinski definition) is 0. The van der Waals surface area contributed by atoms with Crippen LogP contribution < -0.4 is 0 Å². The molecular formula is C20H21N5O2. The molecule has 3 aromatic rings. The molecule has 7 nitrogen and oxygen atoms in total. The van der Waals surface area contributed by atoms with E-state index < -0.39 is 0 Å². The summed E-state index contributed by atoms with van der Waals surface area (Å²) in [7, 11) is 0. The van der Waals surface area contributed by atoms with Crippen LogP contribution >= 0.6 is 0 Å². The summed E-state index contributed by atoms with van der Waals surface area (Å²) < 4.78 is 5.25. The average Bonchev–Trinajstić information content (AvgIpc) is 3.06. The highest BCUT2D eigenvalue weighted by molar-refractivity contribution is 5.92. The molecule has 0 aliphatic carbocycles. The minimum atomic E-state index is -0.0468. The standard InChI is InChI=1S/C20H21N5O2/c1-13-19(14(2)27-24-13)15-5-6-17(22-10-15)16-4-3-9-25(11-16)20(26)18-7-8-21-12-23-18/h5-8,10,12,16H,3-4,9,11H2,1-2H3. The molecule has 1 aliphatic rings. The first-order chi connectivity index (χ1) is 13.1. The van der Waals surface area contributed by atoms with Crippen LogP contribution in [0.2, 0.25) is 0 Å². The smallest absolute Gasteiger partial charge is 0.272 e. The summed E-state index contributed by atoms with van der Waals surface area (Å²) in [6.07, 6.45) is 6.84. The van der Waals surface area contributed by atoms with Crippen LogP contribution in [0.4, 0.5) is 0 Å². The maximum atomic E-state index is 12.7. The van der Waals surface area contributed by atoms with Gasteiger partial charge in [0.2, 0.25) is 0 Å². The summed E-state index contributed by atoms with van der Waals surface area (Å²) in [4.78, 5) is 27.1. The third-order valence-electron chi connectivity index (χ3n) is 5.04. The second-order valence-corrected chi connectivity index (χ2v) is 6.86. The molecule has 1 atom stereocenters. The van der Waals surface area contributed by atoms with E-state index in [0.29, 0.717) is 12.2 Å². The molecule has 0 radical (unpaired) electrons. The number of carbonyl (C=O) groups is 1. The number of hydrogen-bond acceptors (Lipinski definition) is 6. The van der Waals surface area contributed by atoms with Crippen molar-refractivity contribution in [3.8, 4) is 11.1 Å². The van der Waals surface area contributed by atoms with Gasteiger partial charge in [0.25, 0.3) is 5.91 Å². The van der Waals surface area contributed by atoms with Gasteiger partial charge in [-0.1, -0.05) is 11.2 Å². The molecule has 27 heavy (non-hydrogen) atoms. The Hall–Kier alpha value is -3.09. The fourth-order valence-corrected chi connectivity index (χ4v) is 3.67. The predicted octanol–water partition coefficient (Wildman–Crippen LogP) is 3.16. The van der Waals surface area contributed by atoms with Crippen LogP contribution in [0.1, 0.15) is 46.4 Å². The Kier molecular flexibility index (Phi) is 4.66. The van der Waals surface area contributed by atoms with Crippen LogP contribution in [-0.2, 0) is 0 Å². The summed E-state index contributed by atoms with van der Waals surface area (Å²) in [6, 6.07) is 5.76. The highest BCUT2D eigenvalue weighted by Gasteiger charge is 2.27. The lowest BCUT2D eigenvalue weighted by atomic mass is 9.93. The number of amides is 1.